The first-order valence-electron chi connectivity index (χ1n) is 5.85. The van der Waals surface area contributed by atoms with E-state index in [0.717, 1.165) is 12.8 Å². The summed E-state index contributed by atoms with van der Waals surface area (Å²) in [6.45, 7) is 0. The number of nitrogens with zero attached hydrogens (tertiary/aromatic N) is 1. The molecule has 0 spiro atoms. The van der Waals surface area contributed by atoms with E-state index in [-0.39, 0.29) is 6.10 Å². The Balaban J connectivity index is 2.05. The monoisotopic (exact) mass is 299 g/mol. The summed E-state index contributed by atoms with van der Waals surface area (Å²) in [4.78, 5) is 4.10. The summed E-state index contributed by atoms with van der Waals surface area (Å²) in [5, 5.41) is 18.0. The molecule has 4 nitrogen and oxygen atoms in total. The van der Waals surface area contributed by atoms with Crippen molar-refractivity contribution in [2.24, 2.45) is 0 Å². The first-order chi connectivity index (χ1) is 8.16. The molecule has 0 amide bonds. The Morgan fingerprint density at radius 3 is 2.59 bits per heavy atom. The van der Waals surface area contributed by atoms with Crippen molar-refractivity contribution < 1.29 is 14.8 Å². The van der Waals surface area contributed by atoms with Crippen LogP contribution in [0.5, 0.6) is 5.88 Å². The molecule has 0 aromatic carbocycles. The molecule has 1 aliphatic rings. The van der Waals surface area contributed by atoms with Gasteiger partial charge < -0.3 is 14.8 Å². The number of rotatable bonds is 3. The van der Waals surface area contributed by atoms with Crippen LogP contribution < -0.4 is 10.2 Å². The summed E-state index contributed by atoms with van der Waals surface area (Å²) in [5.41, 5.74) is 0.355. The van der Waals surface area contributed by atoms with Gasteiger partial charge in [-0.3, -0.25) is 0 Å². The molecule has 1 aromatic rings. The molecule has 0 radical (unpaired) electrons. The second-order valence-electron chi connectivity index (χ2n) is 4.31. The molecule has 0 bridgehead atoms. The molecule has 1 fully saturated rings. The fourth-order valence-corrected chi connectivity index (χ4v) is 2.47. The molecule has 0 atom stereocenters. The van der Waals surface area contributed by atoms with Gasteiger partial charge >= 0.3 is 7.12 Å². The van der Waals surface area contributed by atoms with Gasteiger partial charge in [0, 0.05) is 11.7 Å². The van der Waals surface area contributed by atoms with Gasteiger partial charge in [0.05, 0.1) is 4.47 Å². The van der Waals surface area contributed by atoms with Crippen LogP contribution in [0, 0.1) is 0 Å². The fourth-order valence-electron chi connectivity index (χ4n) is 2.01. The minimum atomic E-state index is -1.50. The largest absolute Gasteiger partial charge is 0.490 e. The van der Waals surface area contributed by atoms with Crippen LogP contribution in [0.3, 0.4) is 0 Å². The molecule has 17 heavy (non-hydrogen) atoms. The van der Waals surface area contributed by atoms with Crippen LogP contribution in [-0.2, 0) is 0 Å². The van der Waals surface area contributed by atoms with Crippen molar-refractivity contribution in [2.45, 2.75) is 38.2 Å². The number of hydrogen-bond acceptors (Lipinski definition) is 4. The Morgan fingerprint density at radius 1 is 1.29 bits per heavy atom. The topological polar surface area (TPSA) is 62.6 Å². The maximum absolute atomic E-state index is 9.01. The third kappa shape index (κ3) is 3.44. The summed E-state index contributed by atoms with van der Waals surface area (Å²) in [6, 6.07) is 1.62. The van der Waals surface area contributed by atoms with E-state index in [2.05, 4.69) is 20.9 Å². The molecule has 0 unspecified atom stereocenters. The lowest BCUT2D eigenvalue weighted by Crippen LogP contribution is -2.30. The molecule has 1 aromatic heterocycles. The van der Waals surface area contributed by atoms with E-state index in [4.69, 9.17) is 14.8 Å². The van der Waals surface area contributed by atoms with Crippen LogP contribution in [0.1, 0.15) is 32.1 Å². The fraction of sp³-hybridized carbons (Fsp3) is 0.545. The van der Waals surface area contributed by atoms with Crippen molar-refractivity contribution in [1.29, 1.82) is 0 Å². The van der Waals surface area contributed by atoms with Gasteiger partial charge in [-0.15, -0.1) is 0 Å². The highest BCUT2D eigenvalue weighted by Gasteiger charge is 2.18. The van der Waals surface area contributed by atoms with Gasteiger partial charge in [-0.2, -0.15) is 0 Å². The summed E-state index contributed by atoms with van der Waals surface area (Å²) in [5.74, 6) is 0.529. The molecule has 0 saturated heterocycles. The van der Waals surface area contributed by atoms with Crippen molar-refractivity contribution in [3.05, 3.63) is 16.7 Å². The molecule has 1 saturated carbocycles. The molecular formula is C11H15BBrNO3. The molecule has 6 heteroatoms. The second kappa shape index (κ2) is 5.84. The Labute approximate surface area is 109 Å². The second-order valence-corrected chi connectivity index (χ2v) is 5.16. The molecule has 2 rings (SSSR count). The summed E-state index contributed by atoms with van der Waals surface area (Å²) < 4.78 is 6.46. The van der Waals surface area contributed by atoms with Crippen molar-refractivity contribution in [2.75, 3.05) is 0 Å². The molecule has 92 valence electrons. The van der Waals surface area contributed by atoms with E-state index < -0.39 is 7.12 Å². The number of hydrogen-bond donors (Lipinski definition) is 2. The average molecular weight is 300 g/mol. The van der Waals surface area contributed by atoms with Crippen LogP contribution in [0.25, 0.3) is 0 Å². The van der Waals surface area contributed by atoms with Crippen molar-refractivity contribution in [3.63, 3.8) is 0 Å². The minimum Gasteiger partial charge on any atom is -0.474 e. The molecule has 1 aliphatic carbocycles. The van der Waals surface area contributed by atoms with Crippen molar-refractivity contribution >= 4 is 28.5 Å². The zero-order valence-corrected chi connectivity index (χ0v) is 11.1. The summed E-state index contributed by atoms with van der Waals surface area (Å²) in [6.07, 6.45) is 7.48. The van der Waals surface area contributed by atoms with Gasteiger partial charge in [-0.1, -0.05) is 6.42 Å². The first kappa shape index (κ1) is 12.9. The zero-order chi connectivity index (χ0) is 12.3. The maximum atomic E-state index is 9.01. The Bertz CT molecular complexity index is 383. The van der Waals surface area contributed by atoms with E-state index in [1.54, 1.807) is 6.07 Å². The molecule has 0 aliphatic heterocycles. The predicted octanol–water partition coefficient (Wildman–Crippen LogP) is 1.24. The van der Waals surface area contributed by atoms with Crippen LogP contribution >= 0.6 is 15.9 Å². The smallest absolute Gasteiger partial charge is 0.474 e. The van der Waals surface area contributed by atoms with Gasteiger partial charge in [-0.05, 0) is 47.7 Å². The van der Waals surface area contributed by atoms with Gasteiger partial charge in [0.15, 0.2) is 0 Å². The van der Waals surface area contributed by atoms with Gasteiger partial charge in [0.25, 0.3) is 0 Å². The van der Waals surface area contributed by atoms with Gasteiger partial charge in [-0.25, -0.2) is 4.98 Å². The van der Waals surface area contributed by atoms with Crippen LogP contribution in [0.2, 0.25) is 0 Å². The normalized spacial score (nSPS) is 16.9. The van der Waals surface area contributed by atoms with Crippen LogP contribution in [-0.4, -0.2) is 28.3 Å². The highest BCUT2D eigenvalue weighted by atomic mass is 79.9. The lowest BCUT2D eigenvalue weighted by atomic mass is 9.82. The Kier molecular flexibility index (Phi) is 4.42. The van der Waals surface area contributed by atoms with Gasteiger partial charge in [0.1, 0.15) is 6.10 Å². The van der Waals surface area contributed by atoms with Gasteiger partial charge in [0.2, 0.25) is 5.88 Å². The first-order valence-corrected chi connectivity index (χ1v) is 6.64. The van der Waals surface area contributed by atoms with E-state index in [0.29, 0.717) is 15.8 Å². The number of pyridine rings is 1. The third-order valence-electron chi connectivity index (χ3n) is 2.96. The highest BCUT2D eigenvalue weighted by Crippen LogP contribution is 2.26. The average Bonchev–Trinajstić information content (AvgIpc) is 2.33. The van der Waals surface area contributed by atoms with E-state index in [1.165, 1.54) is 25.5 Å². The summed E-state index contributed by atoms with van der Waals surface area (Å²) in [7, 11) is -1.50. The lowest BCUT2D eigenvalue weighted by Gasteiger charge is -2.22. The zero-order valence-electron chi connectivity index (χ0n) is 9.47. The molecule has 1 heterocycles. The van der Waals surface area contributed by atoms with Crippen molar-refractivity contribution in [3.8, 4) is 5.88 Å². The number of aromatic nitrogens is 1. The SMILES string of the molecule is OB(O)c1cnc(OC2CCCCC2)c(Br)c1. The Hall–Kier alpha value is -0.585. The quantitative estimate of drug-likeness (QED) is 0.824. The standard InChI is InChI=1S/C11H15BBrNO3/c13-10-6-8(12(15)16)7-14-11(10)17-9-4-2-1-3-5-9/h6-7,9,15-16H,1-5H2. The third-order valence-corrected chi connectivity index (χ3v) is 3.53. The molecular weight excluding hydrogens is 285 g/mol. The number of halogens is 1. The maximum Gasteiger partial charge on any atom is 0.490 e. The van der Waals surface area contributed by atoms with Crippen molar-refractivity contribution in [1.82, 2.24) is 4.98 Å². The highest BCUT2D eigenvalue weighted by molar-refractivity contribution is 9.10. The Morgan fingerprint density at radius 2 is 2.00 bits per heavy atom. The van der Waals surface area contributed by atoms with Crippen LogP contribution in [0.4, 0.5) is 0 Å². The van der Waals surface area contributed by atoms with Crippen LogP contribution in [0.15, 0.2) is 16.7 Å². The minimum absolute atomic E-state index is 0.234. The number of ether oxygens (including phenoxy) is 1. The lowest BCUT2D eigenvalue weighted by molar-refractivity contribution is 0.147. The molecule has 2 N–H and O–H groups in total. The van der Waals surface area contributed by atoms with E-state index in [9.17, 15) is 0 Å². The van der Waals surface area contributed by atoms with E-state index in [1.807, 2.05) is 0 Å². The summed E-state index contributed by atoms with van der Waals surface area (Å²) >= 11 is 3.33. The predicted molar refractivity (Wildman–Crippen MR) is 69.3 cm³/mol. The van der Waals surface area contributed by atoms with E-state index >= 15 is 0 Å².